The van der Waals surface area contributed by atoms with Crippen molar-refractivity contribution in [3.63, 3.8) is 0 Å². The lowest BCUT2D eigenvalue weighted by atomic mass is 10.1. The molecule has 0 atom stereocenters. The first-order valence-corrected chi connectivity index (χ1v) is 18.8. The fraction of sp³-hybridized carbons (Fsp3) is 0.818. The van der Waals surface area contributed by atoms with Gasteiger partial charge in [-0.1, -0.05) is 130 Å². The van der Waals surface area contributed by atoms with Gasteiger partial charge in [0.15, 0.2) is 0 Å². The van der Waals surface area contributed by atoms with Crippen LogP contribution in [0.3, 0.4) is 0 Å². The monoisotopic (exact) mass is 552 g/mol. The number of unbranched alkanes of at least 4 members (excludes halogenated alkanes) is 15. The van der Waals surface area contributed by atoms with Gasteiger partial charge in [-0.25, -0.2) is 0 Å². The average Bonchev–Trinajstić information content (AvgIpc) is 2.88. The minimum atomic E-state index is 1.22. The van der Waals surface area contributed by atoms with Crippen LogP contribution in [0, 0.1) is 0 Å². The van der Waals surface area contributed by atoms with Crippen molar-refractivity contribution in [3.05, 3.63) is 17.7 Å². The molecular formula is C33H60S3. The molecule has 210 valence electrons. The van der Waals surface area contributed by atoms with Gasteiger partial charge in [-0.05, 0) is 60.6 Å². The zero-order chi connectivity index (χ0) is 26.1. The summed E-state index contributed by atoms with van der Waals surface area (Å²) in [5.41, 5.74) is 1.57. The normalized spacial score (nSPS) is 11.4. The van der Waals surface area contributed by atoms with Crippen LogP contribution in [0.25, 0.3) is 0 Å². The summed E-state index contributed by atoms with van der Waals surface area (Å²) in [5, 5.41) is 0. The molecule has 3 heteroatoms. The van der Waals surface area contributed by atoms with Gasteiger partial charge in [0, 0.05) is 14.7 Å². The van der Waals surface area contributed by atoms with Gasteiger partial charge in [-0.15, -0.1) is 35.3 Å². The van der Waals surface area contributed by atoms with Crippen LogP contribution >= 0.6 is 35.3 Å². The van der Waals surface area contributed by atoms with Crippen LogP contribution in [-0.2, 0) is 6.42 Å². The Morgan fingerprint density at radius 3 is 1.17 bits per heavy atom. The third-order valence-electron chi connectivity index (χ3n) is 6.87. The van der Waals surface area contributed by atoms with Crippen LogP contribution in [0.5, 0.6) is 0 Å². The van der Waals surface area contributed by atoms with Crippen LogP contribution < -0.4 is 0 Å². The second-order valence-electron chi connectivity index (χ2n) is 10.5. The molecular weight excluding hydrogens is 493 g/mol. The molecule has 0 N–H and O–H groups in total. The van der Waals surface area contributed by atoms with Crippen LogP contribution in [0.15, 0.2) is 26.8 Å². The smallest absolute Gasteiger partial charge is 0.0344 e. The molecule has 0 amide bonds. The number of hydrogen-bond acceptors (Lipinski definition) is 3. The van der Waals surface area contributed by atoms with Crippen molar-refractivity contribution in [1.82, 2.24) is 0 Å². The summed E-state index contributed by atoms with van der Waals surface area (Å²) in [5.74, 6) is 3.86. The molecule has 0 bridgehead atoms. The number of hydrogen-bond donors (Lipinski definition) is 0. The maximum Gasteiger partial charge on any atom is 0.0344 e. The lowest BCUT2D eigenvalue weighted by Crippen LogP contribution is -1.94. The quantitative estimate of drug-likeness (QED) is 0.0828. The van der Waals surface area contributed by atoms with Gasteiger partial charge in [0.05, 0.1) is 0 Å². The Balaban J connectivity index is 2.75. The first-order valence-electron chi connectivity index (χ1n) is 15.8. The molecule has 0 aliphatic heterocycles. The Hall–Kier alpha value is 0.270. The molecule has 1 aromatic carbocycles. The zero-order valence-electron chi connectivity index (χ0n) is 24.6. The molecule has 1 aromatic rings. The topological polar surface area (TPSA) is 0 Å². The first kappa shape index (κ1) is 34.3. The highest BCUT2D eigenvalue weighted by Crippen LogP contribution is 2.41. The van der Waals surface area contributed by atoms with Crippen molar-refractivity contribution in [3.8, 4) is 0 Å². The predicted molar refractivity (Wildman–Crippen MR) is 173 cm³/mol. The van der Waals surface area contributed by atoms with Gasteiger partial charge in [0.1, 0.15) is 0 Å². The summed E-state index contributed by atoms with van der Waals surface area (Å²) in [6.45, 7) is 9.26. The highest BCUT2D eigenvalue weighted by atomic mass is 32.2. The Bertz CT molecular complexity index is 574. The number of thioether (sulfide) groups is 3. The summed E-state index contributed by atoms with van der Waals surface area (Å²) < 4.78 is 0. The van der Waals surface area contributed by atoms with E-state index in [1.54, 1.807) is 20.2 Å². The van der Waals surface area contributed by atoms with E-state index in [1.165, 1.54) is 146 Å². The largest absolute Gasteiger partial charge is 0.125 e. The molecule has 0 aliphatic carbocycles. The van der Waals surface area contributed by atoms with Gasteiger partial charge in [0.25, 0.3) is 0 Å². The fourth-order valence-corrected chi connectivity index (χ4v) is 8.42. The molecule has 0 saturated carbocycles. The summed E-state index contributed by atoms with van der Waals surface area (Å²) in [7, 11) is 0. The van der Waals surface area contributed by atoms with E-state index in [9.17, 15) is 0 Å². The Kier molecular flexibility index (Phi) is 24.3. The van der Waals surface area contributed by atoms with Gasteiger partial charge < -0.3 is 0 Å². The SMILES string of the molecule is CCCCCCCCSc1cc(CCC)cc(SCCCCCCCC)c1SCCCCCCCC. The second-order valence-corrected chi connectivity index (χ2v) is 13.9. The van der Waals surface area contributed by atoms with Crippen molar-refractivity contribution in [1.29, 1.82) is 0 Å². The lowest BCUT2D eigenvalue weighted by molar-refractivity contribution is 0.626. The molecule has 0 heterocycles. The van der Waals surface area contributed by atoms with Crippen LogP contribution in [0.4, 0.5) is 0 Å². The van der Waals surface area contributed by atoms with E-state index in [1.807, 2.05) is 0 Å². The molecule has 36 heavy (non-hydrogen) atoms. The Labute approximate surface area is 240 Å². The van der Waals surface area contributed by atoms with E-state index in [-0.39, 0.29) is 0 Å². The summed E-state index contributed by atoms with van der Waals surface area (Å²) in [6.07, 6.45) is 27.6. The van der Waals surface area contributed by atoms with Gasteiger partial charge in [-0.3, -0.25) is 0 Å². The van der Waals surface area contributed by atoms with Crippen molar-refractivity contribution in [2.75, 3.05) is 17.3 Å². The van der Waals surface area contributed by atoms with Crippen molar-refractivity contribution in [2.24, 2.45) is 0 Å². The Morgan fingerprint density at radius 2 is 0.778 bits per heavy atom. The number of rotatable bonds is 26. The van der Waals surface area contributed by atoms with Crippen LogP contribution in [0.2, 0.25) is 0 Å². The molecule has 0 aromatic heterocycles. The van der Waals surface area contributed by atoms with E-state index in [0.29, 0.717) is 0 Å². The van der Waals surface area contributed by atoms with E-state index in [0.717, 1.165) is 0 Å². The van der Waals surface area contributed by atoms with Crippen LogP contribution in [-0.4, -0.2) is 17.3 Å². The van der Waals surface area contributed by atoms with E-state index in [4.69, 9.17) is 0 Å². The van der Waals surface area contributed by atoms with Gasteiger partial charge in [0.2, 0.25) is 0 Å². The van der Waals surface area contributed by atoms with Crippen molar-refractivity contribution >= 4 is 35.3 Å². The Morgan fingerprint density at radius 1 is 0.417 bits per heavy atom. The summed E-state index contributed by atoms with van der Waals surface area (Å²) in [6, 6.07) is 5.12. The number of aryl methyl sites for hydroxylation is 1. The lowest BCUT2D eigenvalue weighted by Gasteiger charge is -2.17. The first-order chi connectivity index (χ1) is 17.8. The summed E-state index contributed by atoms with van der Waals surface area (Å²) in [4.78, 5) is 4.81. The van der Waals surface area contributed by atoms with Gasteiger partial charge in [-0.2, -0.15) is 0 Å². The highest BCUT2D eigenvalue weighted by Gasteiger charge is 2.13. The minimum absolute atomic E-state index is 1.22. The third kappa shape index (κ3) is 17.7. The molecule has 0 saturated heterocycles. The molecule has 0 radical (unpaired) electrons. The van der Waals surface area contributed by atoms with E-state index >= 15 is 0 Å². The molecule has 0 fully saturated rings. The predicted octanol–water partition coefficient (Wildman–Crippen LogP) is 13.0. The zero-order valence-corrected chi connectivity index (χ0v) is 27.1. The number of benzene rings is 1. The second kappa shape index (κ2) is 25.5. The highest BCUT2D eigenvalue weighted by molar-refractivity contribution is 8.03. The fourth-order valence-electron chi connectivity index (χ4n) is 4.61. The average molecular weight is 553 g/mol. The molecule has 0 unspecified atom stereocenters. The van der Waals surface area contributed by atoms with E-state index in [2.05, 4.69) is 75.1 Å². The molecule has 0 spiro atoms. The molecule has 1 rings (SSSR count). The standard InChI is InChI=1S/C33H60S3/c1-5-9-12-15-18-21-25-34-31-28-30(24-8-4)29-32(35-26-22-19-16-13-10-6-2)33(31)36-27-23-20-17-14-11-7-3/h28-29H,5-27H2,1-4H3. The van der Waals surface area contributed by atoms with E-state index < -0.39 is 0 Å². The van der Waals surface area contributed by atoms with Crippen LogP contribution in [0.1, 0.15) is 155 Å². The van der Waals surface area contributed by atoms with Crippen molar-refractivity contribution in [2.45, 2.75) is 171 Å². The maximum atomic E-state index is 2.56. The summed E-state index contributed by atoms with van der Waals surface area (Å²) >= 11 is 6.49. The molecule has 0 aliphatic rings. The maximum absolute atomic E-state index is 2.56. The molecule has 0 nitrogen and oxygen atoms in total. The third-order valence-corrected chi connectivity index (χ3v) is 10.6. The minimum Gasteiger partial charge on any atom is -0.125 e. The van der Waals surface area contributed by atoms with Gasteiger partial charge >= 0.3 is 0 Å². The van der Waals surface area contributed by atoms with Crippen molar-refractivity contribution < 1.29 is 0 Å².